The maximum atomic E-state index is 6.65. The Hall–Kier alpha value is -0.730. The van der Waals surface area contributed by atoms with Crippen LogP contribution in [0.3, 0.4) is 0 Å². The smallest absolute Gasteiger partial charge is 0.121 e. The SMILES string of the molecule is COc1ccc(C(Cl)CN(CC(C)C)CC(C)C)cc1C. The first-order valence-electron chi connectivity index (χ1n) is 7.84. The van der Waals surface area contributed by atoms with E-state index in [-0.39, 0.29) is 5.38 Å². The third-order valence-corrected chi connectivity index (χ3v) is 3.84. The van der Waals surface area contributed by atoms with Crippen molar-refractivity contribution in [3.8, 4) is 5.75 Å². The van der Waals surface area contributed by atoms with Crippen molar-refractivity contribution < 1.29 is 4.74 Å². The van der Waals surface area contributed by atoms with Crippen molar-refractivity contribution in [2.45, 2.75) is 40.0 Å². The van der Waals surface area contributed by atoms with Crippen LogP contribution in [-0.2, 0) is 0 Å². The van der Waals surface area contributed by atoms with Crippen LogP contribution in [0.2, 0.25) is 0 Å². The highest BCUT2D eigenvalue weighted by Crippen LogP contribution is 2.27. The number of nitrogens with zero attached hydrogens (tertiary/aromatic N) is 1. The fraction of sp³-hybridized carbons (Fsp3) is 0.667. The van der Waals surface area contributed by atoms with Gasteiger partial charge in [0, 0.05) is 19.6 Å². The molecule has 0 aliphatic rings. The van der Waals surface area contributed by atoms with Gasteiger partial charge in [-0.3, -0.25) is 0 Å². The molecule has 0 N–H and O–H groups in total. The standard InChI is InChI=1S/C18H30ClNO/c1-13(2)10-20(11-14(3)4)12-17(19)16-7-8-18(21-6)15(5)9-16/h7-9,13-14,17H,10-12H2,1-6H3. The largest absolute Gasteiger partial charge is 0.496 e. The average Bonchev–Trinajstić information content (AvgIpc) is 2.36. The van der Waals surface area contributed by atoms with E-state index in [0.29, 0.717) is 11.8 Å². The van der Waals surface area contributed by atoms with Crippen molar-refractivity contribution in [1.29, 1.82) is 0 Å². The number of hydrogen-bond donors (Lipinski definition) is 0. The topological polar surface area (TPSA) is 12.5 Å². The highest BCUT2D eigenvalue weighted by atomic mass is 35.5. The summed E-state index contributed by atoms with van der Waals surface area (Å²) in [4.78, 5) is 2.48. The predicted octanol–water partition coefficient (Wildman–Crippen LogP) is 4.90. The first-order chi connectivity index (χ1) is 9.83. The van der Waals surface area contributed by atoms with Crippen LogP contribution in [0.25, 0.3) is 0 Å². The Morgan fingerprint density at radius 1 is 1.05 bits per heavy atom. The van der Waals surface area contributed by atoms with Gasteiger partial charge < -0.3 is 9.64 Å². The lowest BCUT2D eigenvalue weighted by atomic mass is 10.1. The van der Waals surface area contributed by atoms with Gasteiger partial charge in [0.2, 0.25) is 0 Å². The molecule has 21 heavy (non-hydrogen) atoms. The van der Waals surface area contributed by atoms with Gasteiger partial charge in [-0.25, -0.2) is 0 Å². The number of methoxy groups -OCH3 is 1. The summed E-state index contributed by atoms with van der Waals surface area (Å²) in [6.45, 7) is 14.2. The van der Waals surface area contributed by atoms with Crippen molar-refractivity contribution >= 4 is 11.6 Å². The molecule has 1 rings (SSSR count). The molecular weight excluding hydrogens is 282 g/mol. The fourth-order valence-corrected chi connectivity index (χ4v) is 3.02. The lowest BCUT2D eigenvalue weighted by molar-refractivity contribution is 0.219. The number of benzene rings is 1. The third kappa shape index (κ3) is 6.27. The molecule has 0 amide bonds. The van der Waals surface area contributed by atoms with Gasteiger partial charge in [0.15, 0.2) is 0 Å². The summed E-state index contributed by atoms with van der Waals surface area (Å²) in [5.74, 6) is 2.24. The molecule has 0 spiro atoms. The van der Waals surface area contributed by atoms with Crippen LogP contribution in [0.1, 0.15) is 44.2 Å². The van der Waals surface area contributed by atoms with Crippen LogP contribution < -0.4 is 4.74 Å². The number of ether oxygens (including phenoxy) is 1. The third-order valence-electron chi connectivity index (χ3n) is 3.45. The zero-order chi connectivity index (χ0) is 16.0. The monoisotopic (exact) mass is 311 g/mol. The zero-order valence-corrected chi connectivity index (χ0v) is 15.1. The number of hydrogen-bond acceptors (Lipinski definition) is 2. The number of halogens is 1. The van der Waals surface area contributed by atoms with Gasteiger partial charge in [-0.2, -0.15) is 0 Å². The normalized spacial score (nSPS) is 13.2. The second kappa shape index (κ2) is 8.65. The van der Waals surface area contributed by atoms with E-state index in [1.165, 1.54) is 5.56 Å². The van der Waals surface area contributed by atoms with Crippen molar-refractivity contribution in [3.05, 3.63) is 29.3 Å². The minimum atomic E-state index is 0.0205. The van der Waals surface area contributed by atoms with Crippen LogP contribution in [0.5, 0.6) is 5.75 Å². The summed E-state index contributed by atoms with van der Waals surface area (Å²) >= 11 is 6.65. The van der Waals surface area contributed by atoms with E-state index in [9.17, 15) is 0 Å². The average molecular weight is 312 g/mol. The molecule has 0 aromatic heterocycles. The second-order valence-electron chi connectivity index (χ2n) is 6.70. The zero-order valence-electron chi connectivity index (χ0n) is 14.3. The molecule has 0 aliphatic heterocycles. The predicted molar refractivity (Wildman–Crippen MR) is 92.4 cm³/mol. The van der Waals surface area contributed by atoms with Gasteiger partial charge in [0.1, 0.15) is 5.75 Å². The molecule has 0 bridgehead atoms. The van der Waals surface area contributed by atoms with Gasteiger partial charge in [0.05, 0.1) is 12.5 Å². The van der Waals surface area contributed by atoms with Crippen LogP contribution >= 0.6 is 11.6 Å². The van der Waals surface area contributed by atoms with E-state index >= 15 is 0 Å². The molecule has 3 heteroatoms. The molecule has 0 fully saturated rings. The Morgan fingerprint density at radius 3 is 2.05 bits per heavy atom. The molecule has 0 saturated heterocycles. The fourth-order valence-electron chi connectivity index (χ4n) is 2.68. The van der Waals surface area contributed by atoms with E-state index in [4.69, 9.17) is 16.3 Å². The minimum Gasteiger partial charge on any atom is -0.496 e. The minimum absolute atomic E-state index is 0.0205. The molecule has 0 radical (unpaired) electrons. The molecule has 1 aromatic rings. The van der Waals surface area contributed by atoms with Gasteiger partial charge in [-0.05, 0) is 36.0 Å². The molecule has 0 saturated carbocycles. The molecule has 120 valence electrons. The van der Waals surface area contributed by atoms with Gasteiger partial charge in [-0.1, -0.05) is 39.8 Å². The van der Waals surface area contributed by atoms with E-state index in [2.05, 4.69) is 51.7 Å². The molecule has 0 heterocycles. The van der Waals surface area contributed by atoms with Crippen LogP contribution in [0, 0.1) is 18.8 Å². The number of aryl methyl sites for hydroxylation is 1. The maximum Gasteiger partial charge on any atom is 0.121 e. The van der Waals surface area contributed by atoms with Crippen molar-refractivity contribution in [1.82, 2.24) is 4.90 Å². The first kappa shape index (κ1) is 18.3. The van der Waals surface area contributed by atoms with Crippen LogP contribution in [0.4, 0.5) is 0 Å². The van der Waals surface area contributed by atoms with E-state index < -0.39 is 0 Å². The van der Waals surface area contributed by atoms with Crippen molar-refractivity contribution in [2.24, 2.45) is 11.8 Å². The lowest BCUT2D eigenvalue weighted by Gasteiger charge is -2.28. The number of alkyl halides is 1. The summed E-state index contributed by atoms with van der Waals surface area (Å²) in [5.41, 5.74) is 2.31. The molecule has 0 aliphatic carbocycles. The summed E-state index contributed by atoms with van der Waals surface area (Å²) < 4.78 is 5.31. The Kier molecular flexibility index (Phi) is 7.55. The van der Waals surface area contributed by atoms with E-state index in [0.717, 1.165) is 30.9 Å². The Balaban J connectivity index is 2.75. The van der Waals surface area contributed by atoms with Crippen molar-refractivity contribution in [2.75, 3.05) is 26.7 Å². The summed E-state index contributed by atoms with van der Waals surface area (Å²) in [6.07, 6.45) is 0. The van der Waals surface area contributed by atoms with Crippen molar-refractivity contribution in [3.63, 3.8) is 0 Å². The number of rotatable bonds is 8. The lowest BCUT2D eigenvalue weighted by Crippen LogP contribution is -2.34. The van der Waals surface area contributed by atoms with Crippen LogP contribution in [-0.4, -0.2) is 31.6 Å². The highest BCUT2D eigenvalue weighted by molar-refractivity contribution is 6.21. The summed E-state index contributed by atoms with van der Waals surface area (Å²) in [5, 5.41) is 0.0205. The molecule has 1 unspecified atom stereocenters. The first-order valence-corrected chi connectivity index (χ1v) is 8.28. The Labute approximate surface area is 135 Å². The quantitative estimate of drug-likeness (QED) is 0.633. The summed E-state index contributed by atoms with van der Waals surface area (Å²) in [6, 6.07) is 6.22. The molecule has 1 aromatic carbocycles. The highest BCUT2D eigenvalue weighted by Gasteiger charge is 2.16. The maximum absolute atomic E-state index is 6.65. The molecule has 1 atom stereocenters. The van der Waals surface area contributed by atoms with Crippen LogP contribution in [0.15, 0.2) is 18.2 Å². The van der Waals surface area contributed by atoms with E-state index in [1.54, 1.807) is 7.11 Å². The summed E-state index contributed by atoms with van der Waals surface area (Å²) in [7, 11) is 1.70. The Morgan fingerprint density at radius 2 is 1.62 bits per heavy atom. The second-order valence-corrected chi connectivity index (χ2v) is 7.23. The molecular formula is C18H30ClNO. The van der Waals surface area contributed by atoms with E-state index in [1.807, 2.05) is 6.07 Å². The van der Waals surface area contributed by atoms with Gasteiger partial charge >= 0.3 is 0 Å². The van der Waals surface area contributed by atoms with Gasteiger partial charge in [0.25, 0.3) is 0 Å². The van der Waals surface area contributed by atoms with Gasteiger partial charge in [-0.15, -0.1) is 11.6 Å². The Bertz CT molecular complexity index is 421. The molecule has 2 nitrogen and oxygen atoms in total.